The molecule has 0 atom stereocenters. The topological polar surface area (TPSA) is 60.9 Å². The van der Waals surface area contributed by atoms with Crippen LogP contribution in [0.1, 0.15) is 18.4 Å². The van der Waals surface area contributed by atoms with Crippen LogP contribution in [0.15, 0.2) is 30.3 Å². The lowest BCUT2D eigenvalue weighted by atomic mass is 10.2. The predicted molar refractivity (Wildman–Crippen MR) is 116 cm³/mol. The lowest BCUT2D eigenvalue weighted by molar-refractivity contribution is -0.116. The number of sulfone groups is 1. The molecular formula is C18H25N3O3S3. The van der Waals surface area contributed by atoms with Crippen LogP contribution in [-0.2, 0) is 14.6 Å². The SMILES string of the molecule is CN(CS(=O)(=O)CC(=O)CN(C)C(=S)N1CCCC1)C(=S)c1ccccc1. The van der Waals surface area contributed by atoms with Gasteiger partial charge in [0.1, 0.15) is 16.6 Å². The Kier molecular flexibility index (Phi) is 7.69. The number of nitrogens with zero attached hydrogens (tertiary/aromatic N) is 3. The van der Waals surface area contributed by atoms with E-state index >= 15 is 0 Å². The van der Waals surface area contributed by atoms with E-state index in [0.717, 1.165) is 31.5 Å². The number of likely N-dealkylation sites (tertiary alicyclic amines) is 1. The van der Waals surface area contributed by atoms with Crippen LogP contribution >= 0.6 is 24.4 Å². The fourth-order valence-corrected chi connectivity index (χ4v) is 4.90. The average Bonchev–Trinajstić information content (AvgIpc) is 3.14. The summed E-state index contributed by atoms with van der Waals surface area (Å²) in [6.45, 7) is 1.76. The Balaban J connectivity index is 1.88. The molecule has 1 heterocycles. The van der Waals surface area contributed by atoms with Crippen LogP contribution in [-0.4, -0.2) is 84.4 Å². The van der Waals surface area contributed by atoms with Crippen LogP contribution in [0.5, 0.6) is 0 Å². The number of Topliss-reactive ketones (excluding diaryl/α,β-unsaturated/α-hetero) is 1. The molecule has 0 saturated carbocycles. The predicted octanol–water partition coefficient (Wildman–Crippen LogP) is 1.55. The van der Waals surface area contributed by atoms with Crippen LogP contribution in [0.25, 0.3) is 0 Å². The molecule has 27 heavy (non-hydrogen) atoms. The fraction of sp³-hybridized carbons (Fsp3) is 0.500. The quantitative estimate of drug-likeness (QED) is 0.608. The molecule has 0 radical (unpaired) electrons. The molecule has 0 amide bonds. The van der Waals surface area contributed by atoms with E-state index in [1.54, 1.807) is 19.0 Å². The van der Waals surface area contributed by atoms with E-state index in [0.29, 0.717) is 10.1 Å². The van der Waals surface area contributed by atoms with Crippen molar-refractivity contribution in [3.8, 4) is 0 Å². The normalized spacial score (nSPS) is 14.1. The number of likely N-dealkylation sites (N-methyl/N-ethyl adjacent to an activating group) is 1. The molecule has 1 aromatic carbocycles. The van der Waals surface area contributed by atoms with Gasteiger partial charge in [0.05, 0.1) is 6.54 Å². The van der Waals surface area contributed by atoms with Crippen molar-refractivity contribution >= 4 is 50.2 Å². The standard InChI is InChI=1S/C18H25N3O3S3/c1-19(18(26)21-10-6-7-11-21)12-16(22)13-27(23,24)14-20(2)17(25)15-8-4-3-5-9-15/h3-5,8-9H,6-7,10-14H2,1-2H3. The van der Waals surface area contributed by atoms with E-state index in [-0.39, 0.29) is 18.2 Å². The summed E-state index contributed by atoms with van der Waals surface area (Å²) in [5.74, 6) is -1.20. The Morgan fingerprint density at radius 2 is 1.67 bits per heavy atom. The summed E-state index contributed by atoms with van der Waals surface area (Å²) in [6.07, 6.45) is 2.17. The van der Waals surface area contributed by atoms with Gasteiger partial charge in [0, 0.05) is 32.7 Å². The van der Waals surface area contributed by atoms with Gasteiger partial charge in [0.2, 0.25) is 0 Å². The third kappa shape index (κ3) is 6.51. The van der Waals surface area contributed by atoms with Gasteiger partial charge in [-0.3, -0.25) is 4.79 Å². The monoisotopic (exact) mass is 427 g/mol. The summed E-state index contributed by atoms with van der Waals surface area (Å²) in [6, 6.07) is 9.19. The van der Waals surface area contributed by atoms with E-state index in [1.165, 1.54) is 4.90 Å². The fourth-order valence-electron chi connectivity index (χ4n) is 2.97. The Morgan fingerprint density at radius 1 is 1.07 bits per heavy atom. The summed E-state index contributed by atoms with van der Waals surface area (Å²) in [4.78, 5) is 17.9. The van der Waals surface area contributed by atoms with E-state index in [1.807, 2.05) is 35.2 Å². The summed E-state index contributed by atoms with van der Waals surface area (Å²) in [5, 5.41) is 0.598. The first-order valence-electron chi connectivity index (χ1n) is 8.72. The highest BCUT2D eigenvalue weighted by molar-refractivity contribution is 7.92. The van der Waals surface area contributed by atoms with Gasteiger partial charge in [-0.2, -0.15) is 0 Å². The van der Waals surface area contributed by atoms with Gasteiger partial charge in [-0.1, -0.05) is 42.5 Å². The zero-order valence-electron chi connectivity index (χ0n) is 15.6. The third-order valence-electron chi connectivity index (χ3n) is 4.26. The molecule has 0 aromatic heterocycles. The number of carbonyl (C=O) groups excluding carboxylic acids is 1. The van der Waals surface area contributed by atoms with Gasteiger partial charge in [0.15, 0.2) is 20.7 Å². The van der Waals surface area contributed by atoms with Crippen LogP contribution in [0, 0.1) is 0 Å². The largest absolute Gasteiger partial charge is 0.351 e. The Labute approximate surface area is 172 Å². The molecule has 1 aromatic rings. The molecule has 1 aliphatic rings. The Morgan fingerprint density at radius 3 is 2.26 bits per heavy atom. The van der Waals surface area contributed by atoms with Crippen molar-refractivity contribution in [1.29, 1.82) is 0 Å². The van der Waals surface area contributed by atoms with Gasteiger partial charge >= 0.3 is 0 Å². The van der Waals surface area contributed by atoms with E-state index in [2.05, 4.69) is 0 Å². The van der Waals surface area contributed by atoms with E-state index in [9.17, 15) is 13.2 Å². The van der Waals surface area contributed by atoms with Crippen LogP contribution in [0.3, 0.4) is 0 Å². The van der Waals surface area contributed by atoms with Gasteiger partial charge in [-0.15, -0.1) is 0 Å². The molecule has 6 nitrogen and oxygen atoms in total. The lowest BCUT2D eigenvalue weighted by Gasteiger charge is -2.27. The molecule has 0 bridgehead atoms. The number of hydrogen-bond acceptors (Lipinski definition) is 5. The summed E-state index contributed by atoms with van der Waals surface area (Å²) in [5.41, 5.74) is 0.771. The van der Waals surface area contributed by atoms with Gasteiger partial charge in [-0.25, -0.2) is 8.42 Å². The second kappa shape index (κ2) is 9.57. The lowest BCUT2D eigenvalue weighted by Crippen LogP contribution is -2.43. The molecule has 2 rings (SSSR count). The zero-order chi connectivity index (χ0) is 20.0. The molecule has 148 valence electrons. The van der Waals surface area contributed by atoms with Crippen molar-refractivity contribution in [2.45, 2.75) is 12.8 Å². The number of rotatable bonds is 7. The molecule has 0 spiro atoms. The highest BCUT2D eigenvalue weighted by Crippen LogP contribution is 2.11. The molecule has 1 saturated heterocycles. The molecule has 1 aliphatic heterocycles. The second-order valence-electron chi connectivity index (χ2n) is 6.76. The van der Waals surface area contributed by atoms with Crippen molar-refractivity contribution < 1.29 is 13.2 Å². The molecule has 9 heteroatoms. The molecule has 0 unspecified atom stereocenters. The summed E-state index contributed by atoms with van der Waals surface area (Å²) in [7, 11) is -0.277. The van der Waals surface area contributed by atoms with Gasteiger partial charge in [-0.05, 0) is 25.1 Å². The Bertz CT molecular complexity index is 791. The van der Waals surface area contributed by atoms with Crippen molar-refractivity contribution in [3.05, 3.63) is 35.9 Å². The highest BCUT2D eigenvalue weighted by atomic mass is 32.2. The van der Waals surface area contributed by atoms with Crippen LogP contribution in [0.4, 0.5) is 0 Å². The maximum atomic E-state index is 12.4. The minimum atomic E-state index is -3.62. The molecular weight excluding hydrogens is 402 g/mol. The van der Waals surface area contributed by atoms with Crippen LogP contribution < -0.4 is 0 Å². The van der Waals surface area contributed by atoms with E-state index < -0.39 is 15.6 Å². The first kappa shape index (κ1) is 21.7. The highest BCUT2D eigenvalue weighted by Gasteiger charge is 2.24. The number of thiocarbonyl (C=S) groups is 2. The van der Waals surface area contributed by atoms with Gasteiger partial charge < -0.3 is 14.7 Å². The molecule has 1 fully saturated rings. The molecule has 0 aliphatic carbocycles. The second-order valence-corrected chi connectivity index (χ2v) is 9.54. The zero-order valence-corrected chi connectivity index (χ0v) is 18.1. The maximum Gasteiger partial charge on any atom is 0.175 e. The van der Waals surface area contributed by atoms with Crippen molar-refractivity contribution in [2.24, 2.45) is 0 Å². The van der Waals surface area contributed by atoms with Crippen LogP contribution in [0.2, 0.25) is 0 Å². The first-order valence-corrected chi connectivity index (χ1v) is 11.4. The number of carbonyl (C=O) groups is 1. The smallest absolute Gasteiger partial charge is 0.175 e. The Hall–Kier alpha value is -1.58. The van der Waals surface area contributed by atoms with Crippen molar-refractivity contribution in [3.63, 3.8) is 0 Å². The first-order chi connectivity index (χ1) is 12.7. The minimum absolute atomic E-state index is 0.0125. The molecule has 0 N–H and O–H groups in total. The maximum absolute atomic E-state index is 12.4. The summed E-state index contributed by atoms with van der Waals surface area (Å²) >= 11 is 10.7. The number of hydrogen-bond donors (Lipinski definition) is 0. The minimum Gasteiger partial charge on any atom is -0.351 e. The van der Waals surface area contributed by atoms with Crippen molar-refractivity contribution in [1.82, 2.24) is 14.7 Å². The number of benzene rings is 1. The summed E-state index contributed by atoms with van der Waals surface area (Å²) < 4.78 is 24.8. The van der Waals surface area contributed by atoms with Gasteiger partial charge in [0.25, 0.3) is 0 Å². The van der Waals surface area contributed by atoms with Crippen molar-refractivity contribution in [2.75, 3.05) is 45.4 Å². The van der Waals surface area contributed by atoms with E-state index in [4.69, 9.17) is 24.4 Å². The number of ketones is 1. The third-order valence-corrected chi connectivity index (χ3v) is 6.92. The average molecular weight is 428 g/mol.